The smallest absolute Gasteiger partial charge is 0.161 e. The van der Waals surface area contributed by atoms with E-state index in [0.717, 1.165) is 18.6 Å². The molecule has 0 unspecified atom stereocenters. The van der Waals surface area contributed by atoms with Crippen LogP contribution in [-0.2, 0) is 0 Å². The van der Waals surface area contributed by atoms with Crippen molar-refractivity contribution in [1.82, 2.24) is 0 Å². The highest BCUT2D eigenvalue weighted by molar-refractivity contribution is 8.14. The molecule has 0 aromatic heterocycles. The van der Waals surface area contributed by atoms with Crippen molar-refractivity contribution in [3.05, 3.63) is 29.3 Å². The lowest BCUT2D eigenvalue weighted by molar-refractivity contribution is 0.508. The Morgan fingerprint density at radius 1 is 1.21 bits per heavy atom. The fraction of sp³-hybridized carbons (Fsp3) is 0.500. The maximum Gasteiger partial charge on any atom is 0.161 e. The van der Waals surface area contributed by atoms with Crippen molar-refractivity contribution < 1.29 is 8.78 Å². The van der Waals surface area contributed by atoms with Gasteiger partial charge in [0.2, 0.25) is 0 Å². The van der Waals surface area contributed by atoms with Crippen LogP contribution in [0.1, 0.15) is 31.2 Å². The van der Waals surface area contributed by atoms with Crippen molar-refractivity contribution in [2.45, 2.75) is 38.1 Å². The summed E-state index contributed by atoms with van der Waals surface area (Å²) in [5, 5.41) is 3.64. The number of anilines is 1. The summed E-state index contributed by atoms with van der Waals surface area (Å²) >= 11 is 1.60. The average molecular weight is 282 g/mol. The van der Waals surface area contributed by atoms with E-state index >= 15 is 0 Å². The number of aryl methyl sites for hydroxylation is 1. The molecule has 0 bridgehead atoms. The summed E-state index contributed by atoms with van der Waals surface area (Å²) in [4.78, 5) is 4.69. The fourth-order valence-corrected chi connectivity index (χ4v) is 3.89. The first-order chi connectivity index (χ1) is 9.08. The van der Waals surface area contributed by atoms with Gasteiger partial charge in [-0.25, -0.2) is 8.78 Å². The van der Waals surface area contributed by atoms with Crippen LogP contribution in [0.2, 0.25) is 0 Å². The molecule has 1 N–H and O–H groups in total. The lowest BCUT2D eigenvalue weighted by Gasteiger charge is -2.16. The van der Waals surface area contributed by atoms with E-state index in [1.807, 2.05) is 0 Å². The number of rotatable bonds is 1. The van der Waals surface area contributed by atoms with Crippen molar-refractivity contribution in [2.24, 2.45) is 4.99 Å². The molecular formula is C14H16F2N2S. The second-order valence-electron chi connectivity index (χ2n) is 5.34. The van der Waals surface area contributed by atoms with Gasteiger partial charge in [-0.15, -0.1) is 0 Å². The molecule has 2 nitrogen and oxygen atoms in total. The topological polar surface area (TPSA) is 24.4 Å². The van der Waals surface area contributed by atoms with Crippen LogP contribution in [0.4, 0.5) is 14.5 Å². The SMILES string of the molecule is Cc1cc(F)c(NC2=NC3(CCCC3)CS2)cc1F. The van der Waals surface area contributed by atoms with E-state index in [0.29, 0.717) is 10.7 Å². The van der Waals surface area contributed by atoms with E-state index in [2.05, 4.69) is 10.3 Å². The Labute approximate surface area is 115 Å². The van der Waals surface area contributed by atoms with Crippen molar-refractivity contribution in [3.8, 4) is 0 Å². The number of amidine groups is 1. The molecule has 3 rings (SSSR count). The van der Waals surface area contributed by atoms with Crippen LogP contribution in [-0.4, -0.2) is 16.5 Å². The van der Waals surface area contributed by atoms with Crippen LogP contribution in [0.3, 0.4) is 0 Å². The van der Waals surface area contributed by atoms with E-state index in [4.69, 9.17) is 0 Å². The number of aliphatic imine (C=N–C) groups is 1. The number of thioether (sulfide) groups is 1. The van der Waals surface area contributed by atoms with Crippen molar-refractivity contribution >= 4 is 22.6 Å². The number of hydrogen-bond donors (Lipinski definition) is 1. The molecule has 0 saturated heterocycles. The Balaban J connectivity index is 1.81. The normalized spacial score (nSPS) is 20.9. The highest BCUT2D eigenvalue weighted by Crippen LogP contribution is 2.41. The minimum atomic E-state index is -0.436. The maximum atomic E-state index is 13.8. The third-order valence-electron chi connectivity index (χ3n) is 3.84. The van der Waals surface area contributed by atoms with Gasteiger partial charge < -0.3 is 5.32 Å². The number of nitrogens with zero attached hydrogens (tertiary/aromatic N) is 1. The minimum absolute atomic E-state index is 0.0483. The van der Waals surface area contributed by atoms with Gasteiger partial charge in [-0.1, -0.05) is 24.6 Å². The molecule has 1 fully saturated rings. The van der Waals surface area contributed by atoms with Crippen LogP contribution < -0.4 is 5.32 Å². The zero-order valence-electron chi connectivity index (χ0n) is 10.8. The fourth-order valence-electron chi connectivity index (χ4n) is 2.69. The Bertz CT molecular complexity index is 536. The van der Waals surface area contributed by atoms with Gasteiger partial charge in [-0.05, 0) is 31.4 Å². The largest absolute Gasteiger partial charge is 0.332 e. The summed E-state index contributed by atoms with van der Waals surface area (Å²) in [7, 11) is 0. The summed E-state index contributed by atoms with van der Waals surface area (Å²) in [5.41, 5.74) is 0.535. The highest BCUT2D eigenvalue weighted by Gasteiger charge is 2.38. The van der Waals surface area contributed by atoms with Crippen LogP contribution in [0, 0.1) is 18.6 Å². The van der Waals surface area contributed by atoms with Gasteiger partial charge in [0.25, 0.3) is 0 Å². The number of halogens is 2. The molecule has 0 amide bonds. The second kappa shape index (κ2) is 4.78. The van der Waals surface area contributed by atoms with E-state index in [9.17, 15) is 8.78 Å². The quantitative estimate of drug-likeness (QED) is 0.838. The van der Waals surface area contributed by atoms with Gasteiger partial charge in [0.15, 0.2) is 5.17 Å². The maximum absolute atomic E-state index is 13.8. The molecule has 1 aliphatic heterocycles. The first kappa shape index (κ1) is 12.9. The predicted molar refractivity (Wildman–Crippen MR) is 75.8 cm³/mol. The van der Waals surface area contributed by atoms with Gasteiger partial charge in [0.05, 0.1) is 11.2 Å². The molecular weight excluding hydrogens is 266 g/mol. The lowest BCUT2D eigenvalue weighted by atomic mass is 10.0. The molecule has 1 heterocycles. The Morgan fingerprint density at radius 2 is 1.95 bits per heavy atom. The molecule has 19 heavy (non-hydrogen) atoms. The Hall–Kier alpha value is -1.10. The van der Waals surface area contributed by atoms with Gasteiger partial charge in [0, 0.05) is 11.8 Å². The first-order valence-electron chi connectivity index (χ1n) is 6.53. The van der Waals surface area contributed by atoms with E-state index in [-0.39, 0.29) is 11.2 Å². The molecule has 1 spiro atoms. The zero-order valence-corrected chi connectivity index (χ0v) is 11.6. The zero-order chi connectivity index (χ0) is 13.5. The molecule has 1 aliphatic carbocycles. The molecule has 2 aliphatic rings. The van der Waals surface area contributed by atoms with Crippen LogP contribution >= 0.6 is 11.8 Å². The van der Waals surface area contributed by atoms with Crippen LogP contribution in [0.15, 0.2) is 17.1 Å². The molecule has 1 saturated carbocycles. The van der Waals surface area contributed by atoms with Gasteiger partial charge >= 0.3 is 0 Å². The Morgan fingerprint density at radius 3 is 2.68 bits per heavy atom. The number of hydrogen-bond acceptors (Lipinski definition) is 3. The lowest BCUT2D eigenvalue weighted by Crippen LogP contribution is -2.21. The molecule has 1 aromatic carbocycles. The standard InChI is InChI=1S/C14H16F2N2S/c1-9-6-11(16)12(7-10(9)15)17-13-18-14(8-19-13)4-2-3-5-14/h6-7H,2-5,8H2,1H3,(H,17,18). The van der Waals surface area contributed by atoms with Crippen molar-refractivity contribution in [2.75, 3.05) is 11.1 Å². The predicted octanol–water partition coefficient (Wildman–Crippen LogP) is 4.10. The molecule has 0 atom stereocenters. The first-order valence-corrected chi connectivity index (χ1v) is 7.52. The summed E-state index contributed by atoms with van der Waals surface area (Å²) in [6, 6.07) is 2.41. The van der Waals surface area contributed by atoms with Crippen molar-refractivity contribution in [3.63, 3.8) is 0 Å². The van der Waals surface area contributed by atoms with Crippen LogP contribution in [0.25, 0.3) is 0 Å². The summed E-state index contributed by atoms with van der Waals surface area (Å²) < 4.78 is 27.2. The van der Waals surface area contributed by atoms with Crippen molar-refractivity contribution in [1.29, 1.82) is 0 Å². The average Bonchev–Trinajstić information content (AvgIpc) is 2.98. The second-order valence-corrected chi connectivity index (χ2v) is 6.31. The van der Waals surface area contributed by atoms with E-state index in [1.165, 1.54) is 25.0 Å². The third-order valence-corrected chi connectivity index (χ3v) is 4.99. The number of benzene rings is 1. The van der Waals surface area contributed by atoms with E-state index < -0.39 is 11.6 Å². The summed E-state index contributed by atoms with van der Waals surface area (Å²) in [6.07, 6.45) is 4.64. The van der Waals surface area contributed by atoms with Crippen LogP contribution in [0.5, 0.6) is 0 Å². The third kappa shape index (κ3) is 2.48. The molecule has 0 radical (unpaired) electrons. The monoisotopic (exact) mass is 282 g/mol. The molecule has 5 heteroatoms. The summed E-state index contributed by atoms with van der Waals surface area (Å²) in [5.74, 6) is 0.114. The van der Waals surface area contributed by atoms with Gasteiger partial charge in [-0.3, -0.25) is 4.99 Å². The molecule has 1 aromatic rings. The molecule has 102 valence electrons. The van der Waals surface area contributed by atoms with Gasteiger partial charge in [-0.2, -0.15) is 0 Å². The Kier molecular flexibility index (Phi) is 3.25. The van der Waals surface area contributed by atoms with Gasteiger partial charge in [0.1, 0.15) is 11.6 Å². The van der Waals surface area contributed by atoms with E-state index in [1.54, 1.807) is 18.7 Å². The number of nitrogens with one attached hydrogen (secondary N) is 1. The highest BCUT2D eigenvalue weighted by atomic mass is 32.2. The summed E-state index contributed by atoms with van der Waals surface area (Å²) in [6.45, 7) is 1.55. The minimum Gasteiger partial charge on any atom is -0.332 e.